The van der Waals surface area contributed by atoms with E-state index in [4.69, 9.17) is 0 Å². The largest absolute Gasteiger partial charge is 0.356 e. The first-order valence-electron chi connectivity index (χ1n) is 9.96. The fraction of sp³-hybridized carbons (Fsp3) is 0.400. The summed E-state index contributed by atoms with van der Waals surface area (Å²) in [5.74, 6) is -1.01. The summed E-state index contributed by atoms with van der Waals surface area (Å²) in [7, 11) is 0. The highest BCUT2D eigenvalue weighted by Crippen LogP contribution is 2.29. The van der Waals surface area contributed by atoms with Gasteiger partial charge >= 0.3 is 0 Å². The Morgan fingerprint density at radius 2 is 1.97 bits per heavy atom. The summed E-state index contributed by atoms with van der Waals surface area (Å²) < 4.78 is 1.59. The second kappa shape index (κ2) is 7.05. The number of hydrogen-bond acceptors (Lipinski definition) is 6. The number of fused-ring (bicyclic) bond motifs is 1. The third-order valence-corrected chi connectivity index (χ3v) is 5.94. The number of nitrogens with one attached hydrogen (secondary N) is 2. The number of imide groups is 1. The maximum Gasteiger partial charge on any atom is 0.255 e. The van der Waals surface area contributed by atoms with Crippen molar-refractivity contribution in [1.82, 2.24) is 30.5 Å². The molecule has 1 aromatic heterocycles. The van der Waals surface area contributed by atoms with Gasteiger partial charge in [-0.1, -0.05) is 11.3 Å². The molecular weight excluding hydrogens is 388 g/mol. The summed E-state index contributed by atoms with van der Waals surface area (Å²) in [5, 5.41) is 13.4. The Morgan fingerprint density at radius 1 is 1.10 bits per heavy atom. The monoisotopic (exact) mass is 408 g/mol. The van der Waals surface area contributed by atoms with Crippen molar-refractivity contribution in [2.24, 2.45) is 5.92 Å². The lowest BCUT2D eigenvalue weighted by atomic mass is 10.0. The molecule has 0 aliphatic carbocycles. The normalized spacial score (nSPS) is 23.5. The van der Waals surface area contributed by atoms with E-state index in [0.29, 0.717) is 42.9 Å². The molecule has 2 atom stereocenters. The van der Waals surface area contributed by atoms with Crippen LogP contribution in [0.4, 0.5) is 0 Å². The Bertz CT molecular complexity index is 1080. The van der Waals surface area contributed by atoms with E-state index in [9.17, 15) is 19.2 Å². The molecule has 2 fully saturated rings. The summed E-state index contributed by atoms with van der Waals surface area (Å²) >= 11 is 0. The molecule has 1 aromatic carbocycles. The van der Waals surface area contributed by atoms with Crippen molar-refractivity contribution in [3.05, 3.63) is 41.2 Å². The predicted molar refractivity (Wildman–Crippen MR) is 102 cm³/mol. The van der Waals surface area contributed by atoms with Gasteiger partial charge in [0.15, 0.2) is 0 Å². The topological polar surface area (TPSA) is 126 Å². The van der Waals surface area contributed by atoms with E-state index >= 15 is 0 Å². The van der Waals surface area contributed by atoms with E-state index in [1.807, 2.05) is 12.1 Å². The van der Waals surface area contributed by atoms with Gasteiger partial charge in [-0.3, -0.25) is 24.5 Å². The van der Waals surface area contributed by atoms with Crippen LogP contribution in [0, 0.1) is 5.92 Å². The number of aromatic nitrogens is 3. The molecule has 2 saturated heterocycles. The second-order valence-electron chi connectivity index (χ2n) is 7.88. The minimum Gasteiger partial charge on any atom is -0.356 e. The first-order chi connectivity index (χ1) is 14.5. The highest BCUT2D eigenvalue weighted by atomic mass is 16.2. The molecule has 0 bridgehead atoms. The minimum atomic E-state index is -0.637. The number of carbonyl (C=O) groups excluding carboxylic acids is 4. The predicted octanol–water partition coefficient (Wildman–Crippen LogP) is -0.293. The van der Waals surface area contributed by atoms with Gasteiger partial charge in [0.1, 0.15) is 6.04 Å². The Balaban J connectivity index is 1.34. The van der Waals surface area contributed by atoms with Crippen LogP contribution in [-0.2, 0) is 27.3 Å². The zero-order valence-corrected chi connectivity index (χ0v) is 16.1. The van der Waals surface area contributed by atoms with E-state index in [1.54, 1.807) is 16.9 Å². The van der Waals surface area contributed by atoms with Gasteiger partial charge < -0.3 is 10.2 Å². The summed E-state index contributed by atoms with van der Waals surface area (Å²) in [6.07, 6.45) is 3.64. The van der Waals surface area contributed by atoms with Crippen molar-refractivity contribution >= 4 is 23.6 Å². The molecule has 2 aromatic rings. The molecule has 2 unspecified atom stereocenters. The molecule has 3 aliphatic rings. The number of carbonyl (C=O) groups is 4. The van der Waals surface area contributed by atoms with Gasteiger partial charge in [0.05, 0.1) is 17.6 Å². The maximum absolute atomic E-state index is 12.9. The van der Waals surface area contributed by atoms with Gasteiger partial charge in [0, 0.05) is 37.4 Å². The molecule has 10 nitrogen and oxygen atoms in total. The highest BCUT2D eigenvalue weighted by Gasteiger charge is 2.39. The first-order valence-corrected chi connectivity index (χ1v) is 9.96. The molecule has 30 heavy (non-hydrogen) atoms. The van der Waals surface area contributed by atoms with Crippen LogP contribution in [0.1, 0.15) is 40.9 Å². The Morgan fingerprint density at radius 3 is 2.73 bits per heavy atom. The fourth-order valence-corrected chi connectivity index (χ4v) is 4.30. The van der Waals surface area contributed by atoms with E-state index in [1.165, 1.54) is 4.90 Å². The third-order valence-electron chi connectivity index (χ3n) is 5.94. The minimum absolute atomic E-state index is 0.0428. The van der Waals surface area contributed by atoms with Gasteiger partial charge in [-0.05, 0) is 30.5 Å². The van der Waals surface area contributed by atoms with Crippen LogP contribution in [0.3, 0.4) is 0 Å². The lowest BCUT2D eigenvalue weighted by Crippen LogP contribution is -2.52. The van der Waals surface area contributed by atoms with Crippen molar-refractivity contribution in [2.75, 3.05) is 6.54 Å². The fourth-order valence-electron chi connectivity index (χ4n) is 4.30. The summed E-state index contributed by atoms with van der Waals surface area (Å²) in [4.78, 5) is 49.8. The van der Waals surface area contributed by atoms with Crippen molar-refractivity contribution in [3.63, 3.8) is 0 Å². The standard InChI is InChI=1S/C20H20N6O4/c27-17-4-3-16(19(29)22-17)25-9-12-1-2-14(8-15(12)20(25)30)26-10-13(23-24-26)7-11-5-6-21-18(11)28/h1-2,8,10-11,16H,3-7,9H2,(H,21,28)(H,22,27,29). The smallest absolute Gasteiger partial charge is 0.255 e. The van der Waals surface area contributed by atoms with Gasteiger partial charge in [0.2, 0.25) is 17.7 Å². The lowest BCUT2D eigenvalue weighted by molar-refractivity contribution is -0.137. The SMILES string of the molecule is O=C1CCC(N2Cc3ccc(-n4cc(CC5CCNC5=O)nn4)cc3C2=O)C(=O)N1. The van der Waals surface area contributed by atoms with Crippen molar-refractivity contribution in [3.8, 4) is 5.69 Å². The molecule has 5 rings (SSSR count). The van der Waals surface area contributed by atoms with Crippen LogP contribution in [-0.4, -0.2) is 56.1 Å². The molecule has 4 amide bonds. The van der Waals surface area contributed by atoms with Crippen LogP contribution in [0.5, 0.6) is 0 Å². The Labute approximate surface area is 171 Å². The molecule has 0 saturated carbocycles. The molecule has 3 aliphatic heterocycles. The molecule has 10 heteroatoms. The third kappa shape index (κ3) is 3.14. The van der Waals surface area contributed by atoms with Crippen molar-refractivity contribution in [2.45, 2.75) is 38.3 Å². The average molecular weight is 408 g/mol. The van der Waals surface area contributed by atoms with E-state index < -0.39 is 11.9 Å². The van der Waals surface area contributed by atoms with E-state index in [-0.39, 0.29) is 30.1 Å². The average Bonchev–Trinajstić information content (AvgIpc) is 3.43. The van der Waals surface area contributed by atoms with Crippen LogP contribution < -0.4 is 10.6 Å². The molecule has 2 N–H and O–H groups in total. The summed E-state index contributed by atoms with van der Waals surface area (Å²) in [6, 6.07) is 4.80. The zero-order chi connectivity index (χ0) is 20.8. The van der Waals surface area contributed by atoms with Gasteiger partial charge in [-0.15, -0.1) is 5.10 Å². The van der Waals surface area contributed by atoms with Gasteiger partial charge in [-0.25, -0.2) is 4.68 Å². The molecule has 4 heterocycles. The number of rotatable bonds is 4. The number of piperidine rings is 1. The first kappa shape index (κ1) is 18.5. The number of benzene rings is 1. The number of hydrogen-bond donors (Lipinski definition) is 2. The van der Waals surface area contributed by atoms with Crippen molar-refractivity contribution in [1.29, 1.82) is 0 Å². The summed E-state index contributed by atoms with van der Waals surface area (Å²) in [6.45, 7) is 1.02. The molecule has 0 spiro atoms. The Hall–Kier alpha value is -3.56. The second-order valence-corrected chi connectivity index (χ2v) is 7.88. The van der Waals surface area contributed by atoms with Crippen LogP contribution in [0.25, 0.3) is 5.69 Å². The quantitative estimate of drug-likeness (QED) is 0.670. The maximum atomic E-state index is 12.9. The van der Waals surface area contributed by atoms with Gasteiger partial charge in [0.25, 0.3) is 5.91 Å². The van der Waals surface area contributed by atoms with Crippen LogP contribution >= 0.6 is 0 Å². The van der Waals surface area contributed by atoms with E-state index in [0.717, 1.165) is 12.0 Å². The lowest BCUT2D eigenvalue weighted by Gasteiger charge is -2.29. The number of nitrogens with zero attached hydrogens (tertiary/aromatic N) is 4. The zero-order valence-electron chi connectivity index (χ0n) is 16.1. The molecule has 0 radical (unpaired) electrons. The Kier molecular flexibility index (Phi) is 4.34. The van der Waals surface area contributed by atoms with Gasteiger partial charge in [-0.2, -0.15) is 0 Å². The van der Waals surface area contributed by atoms with Crippen LogP contribution in [0.15, 0.2) is 24.4 Å². The highest BCUT2D eigenvalue weighted by molar-refractivity contribution is 6.05. The van der Waals surface area contributed by atoms with Crippen molar-refractivity contribution < 1.29 is 19.2 Å². The van der Waals surface area contributed by atoms with E-state index in [2.05, 4.69) is 20.9 Å². The van der Waals surface area contributed by atoms with Crippen LogP contribution in [0.2, 0.25) is 0 Å². The number of amides is 4. The molecule has 154 valence electrons. The molecular formula is C20H20N6O4. The summed E-state index contributed by atoms with van der Waals surface area (Å²) in [5.41, 5.74) is 2.75.